The van der Waals surface area contributed by atoms with Crippen molar-refractivity contribution < 1.29 is 32.3 Å². The summed E-state index contributed by atoms with van der Waals surface area (Å²) >= 11 is 1.06. The monoisotopic (exact) mass is 493 g/mol. The molecule has 0 aliphatic rings. The number of aromatic nitrogens is 1. The average molecular weight is 493 g/mol. The second-order valence-corrected chi connectivity index (χ2v) is 7.66. The molecule has 178 valence electrons. The molecular formula is C21H18F3N5O4S. The summed E-state index contributed by atoms with van der Waals surface area (Å²) in [6, 6.07) is 7.99. The Labute approximate surface area is 195 Å². The number of pyridine rings is 1. The molecule has 2 heterocycles. The number of carbonyl (C=O) groups is 3. The van der Waals surface area contributed by atoms with E-state index < -0.39 is 23.7 Å². The van der Waals surface area contributed by atoms with Crippen LogP contribution in [-0.2, 0) is 17.6 Å². The molecule has 9 nitrogen and oxygen atoms in total. The second-order valence-electron chi connectivity index (χ2n) is 6.74. The number of thiophene rings is 1. The maximum atomic E-state index is 12.8. The first-order valence-electron chi connectivity index (χ1n) is 9.59. The number of ether oxygens (including phenoxy) is 1. The van der Waals surface area contributed by atoms with E-state index in [4.69, 9.17) is 4.74 Å². The van der Waals surface area contributed by atoms with Crippen LogP contribution in [0.25, 0.3) is 0 Å². The Morgan fingerprint density at radius 2 is 1.85 bits per heavy atom. The van der Waals surface area contributed by atoms with Gasteiger partial charge in [-0.25, -0.2) is 15.2 Å². The van der Waals surface area contributed by atoms with Crippen LogP contribution in [-0.4, -0.2) is 22.8 Å². The first-order chi connectivity index (χ1) is 16.1. The van der Waals surface area contributed by atoms with Gasteiger partial charge in [-0.3, -0.25) is 15.0 Å². The van der Waals surface area contributed by atoms with Crippen molar-refractivity contribution in [2.45, 2.75) is 19.7 Å². The summed E-state index contributed by atoms with van der Waals surface area (Å²) in [6.07, 6.45) is -3.06. The molecule has 0 aliphatic heterocycles. The fourth-order valence-electron chi connectivity index (χ4n) is 2.66. The van der Waals surface area contributed by atoms with E-state index in [1.165, 1.54) is 19.2 Å². The smallest absolute Gasteiger partial charge is 0.416 e. The quantitative estimate of drug-likeness (QED) is 0.384. The van der Waals surface area contributed by atoms with Crippen LogP contribution in [0.15, 0.2) is 54.0 Å². The lowest BCUT2D eigenvalue weighted by atomic mass is 10.2. The Hall–Kier alpha value is -4.13. The van der Waals surface area contributed by atoms with Crippen LogP contribution in [0, 0.1) is 0 Å². The first-order valence-corrected chi connectivity index (χ1v) is 10.5. The minimum absolute atomic E-state index is 0.0789. The number of hydrazine groups is 1. The van der Waals surface area contributed by atoms with Gasteiger partial charge in [0.2, 0.25) is 5.91 Å². The number of rotatable bonds is 6. The summed E-state index contributed by atoms with van der Waals surface area (Å²) < 4.78 is 44.0. The van der Waals surface area contributed by atoms with E-state index in [9.17, 15) is 27.6 Å². The fraction of sp³-hybridized carbons (Fsp3) is 0.143. The molecule has 3 rings (SSSR count). The number of carbonyl (C=O) groups excluding carboxylic acids is 3. The Balaban J connectivity index is 1.54. The molecular weight excluding hydrogens is 475 g/mol. The van der Waals surface area contributed by atoms with E-state index in [1.807, 2.05) is 0 Å². The predicted molar refractivity (Wildman–Crippen MR) is 118 cm³/mol. The highest BCUT2D eigenvalue weighted by atomic mass is 32.1. The molecule has 4 amide bonds. The van der Waals surface area contributed by atoms with Crippen molar-refractivity contribution in [3.63, 3.8) is 0 Å². The maximum absolute atomic E-state index is 12.8. The fourth-order valence-corrected chi connectivity index (χ4v) is 3.39. The van der Waals surface area contributed by atoms with Gasteiger partial charge in [0.15, 0.2) is 0 Å². The van der Waals surface area contributed by atoms with Gasteiger partial charge < -0.3 is 15.4 Å². The highest BCUT2D eigenvalue weighted by Gasteiger charge is 2.30. The molecule has 0 saturated heterocycles. The van der Waals surface area contributed by atoms with Crippen LogP contribution < -0.4 is 26.2 Å². The van der Waals surface area contributed by atoms with Gasteiger partial charge in [-0.2, -0.15) is 13.2 Å². The van der Waals surface area contributed by atoms with Crippen molar-refractivity contribution in [2.24, 2.45) is 0 Å². The molecule has 34 heavy (non-hydrogen) atoms. The van der Waals surface area contributed by atoms with Crippen molar-refractivity contribution in [1.29, 1.82) is 0 Å². The third kappa shape index (κ3) is 6.93. The first kappa shape index (κ1) is 24.5. The zero-order valence-electron chi connectivity index (χ0n) is 17.5. The molecule has 4 N–H and O–H groups in total. The molecule has 13 heteroatoms. The highest BCUT2D eigenvalue weighted by Crippen LogP contribution is 2.30. The standard InChI is InChI=1S/C21H18F3N5O4S/c1-12(30)26-17-9-13(5-7-25-17)11-33-16-6-8-34-18(16)19(31)28-29-20(32)27-15-4-2-3-14(10-15)21(22,23)24/h2-10H,11H2,1H3,(H,28,31)(H,25,26,30)(H2,27,29,32). The van der Waals surface area contributed by atoms with E-state index in [1.54, 1.807) is 23.6 Å². The van der Waals surface area contributed by atoms with Crippen LogP contribution >= 0.6 is 11.3 Å². The van der Waals surface area contributed by atoms with E-state index in [2.05, 4.69) is 26.5 Å². The molecule has 1 aromatic carbocycles. The Bertz CT molecular complexity index is 1200. The van der Waals surface area contributed by atoms with Crippen molar-refractivity contribution >= 4 is 40.7 Å². The summed E-state index contributed by atoms with van der Waals surface area (Å²) in [7, 11) is 0. The molecule has 0 unspecified atom stereocenters. The minimum Gasteiger partial charge on any atom is -0.487 e. The Kier molecular flexibility index (Phi) is 7.68. The lowest BCUT2D eigenvalue weighted by Gasteiger charge is -2.12. The van der Waals surface area contributed by atoms with Gasteiger partial charge in [0.1, 0.15) is 23.1 Å². The second kappa shape index (κ2) is 10.7. The normalized spacial score (nSPS) is 10.8. The van der Waals surface area contributed by atoms with Crippen LogP contribution in [0.3, 0.4) is 0 Å². The zero-order valence-corrected chi connectivity index (χ0v) is 18.3. The molecule has 0 spiro atoms. The van der Waals surface area contributed by atoms with Crippen LogP contribution in [0.4, 0.5) is 29.5 Å². The van der Waals surface area contributed by atoms with E-state index in [0.717, 1.165) is 29.5 Å². The zero-order chi connectivity index (χ0) is 24.7. The maximum Gasteiger partial charge on any atom is 0.416 e. The third-order valence-corrected chi connectivity index (χ3v) is 4.99. The van der Waals surface area contributed by atoms with Gasteiger partial charge in [-0.05, 0) is 47.3 Å². The largest absolute Gasteiger partial charge is 0.487 e. The molecule has 0 radical (unpaired) electrons. The molecule has 3 aromatic rings. The third-order valence-electron chi connectivity index (χ3n) is 4.10. The van der Waals surface area contributed by atoms with Crippen molar-refractivity contribution in [2.75, 3.05) is 10.6 Å². The van der Waals surface area contributed by atoms with Gasteiger partial charge >= 0.3 is 12.2 Å². The SMILES string of the molecule is CC(=O)Nc1cc(COc2ccsc2C(=O)NNC(=O)Nc2cccc(C(F)(F)F)c2)ccn1. The lowest BCUT2D eigenvalue weighted by Crippen LogP contribution is -2.43. The molecule has 0 aliphatic carbocycles. The molecule has 0 saturated carbocycles. The summed E-state index contributed by atoms with van der Waals surface area (Å²) in [4.78, 5) is 39.7. The predicted octanol–water partition coefficient (Wildman–Crippen LogP) is 4.17. The number of hydrogen-bond acceptors (Lipinski definition) is 6. The lowest BCUT2D eigenvalue weighted by molar-refractivity contribution is -0.137. The van der Waals surface area contributed by atoms with Gasteiger partial charge in [-0.15, -0.1) is 11.3 Å². The number of urea groups is 1. The highest BCUT2D eigenvalue weighted by molar-refractivity contribution is 7.12. The average Bonchev–Trinajstić information content (AvgIpc) is 3.24. The van der Waals surface area contributed by atoms with Crippen LogP contribution in [0.5, 0.6) is 5.75 Å². The van der Waals surface area contributed by atoms with E-state index in [0.29, 0.717) is 11.4 Å². The Morgan fingerprint density at radius 1 is 1.06 bits per heavy atom. The number of nitrogens with zero attached hydrogens (tertiary/aromatic N) is 1. The minimum atomic E-state index is -4.56. The topological polar surface area (TPSA) is 121 Å². The van der Waals surface area contributed by atoms with Gasteiger partial charge in [0.05, 0.1) is 5.56 Å². The van der Waals surface area contributed by atoms with Gasteiger partial charge in [-0.1, -0.05) is 6.07 Å². The van der Waals surface area contributed by atoms with E-state index in [-0.39, 0.29) is 28.8 Å². The summed E-state index contributed by atoms with van der Waals surface area (Å²) in [5.74, 6) is -0.349. The van der Waals surface area contributed by atoms with Crippen LogP contribution in [0.2, 0.25) is 0 Å². The van der Waals surface area contributed by atoms with Crippen LogP contribution in [0.1, 0.15) is 27.7 Å². The summed E-state index contributed by atoms with van der Waals surface area (Å²) in [5, 5.41) is 6.37. The summed E-state index contributed by atoms with van der Waals surface area (Å²) in [5.41, 5.74) is 3.91. The number of benzene rings is 1. The van der Waals surface area contributed by atoms with E-state index >= 15 is 0 Å². The number of nitrogens with one attached hydrogen (secondary N) is 4. The van der Waals surface area contributed by atoms with Crippen molar-refractivity contribution in [1.82, 2.24) is 15.8 Å². The number of hydrogen-bond donors (Lipinski definition) is 4. The molecule has 0 bridgehead atoms. The summed E-state index contributed by atoms with van der Waals surface area (Å²) in [6.45, 7) is 1.44. The van der Waals surface area contributed by atoms with Crippen molar-refractivity contribution in [3.8, 4) is 5.75 Å². The number of alkyl halides is 3. The Morgan fingerprint density at radius 3 is 2.59 bits per heavy atom. The van der Waals surface area contributed by atoms with Gasteiger partial charge in [0.25, 0.3) is 5.91 Å². The van der Waals surface area contributed by atoms with Crippen molar-refractivity contribution in [3.05, 3.63) is 70.0 Å². The number of amides is 4. The van der Waals surface area contributed by atoms with Gasteiger partial charge in [0, 0.05) is 18.8 Å². The molecule has 0 fully saturated rings. The molecule has 2 aromatic heterocycles. The number of anilines is 2. The number of halogens is 3. The molecule has 0 atom stereocenters.